The van der Waals surface area contributed by atoms with Gasteiger partial charge in [0.1, 0.15) is 5.57 Å². The van der Waals surface area contributed by atoms with Crippen molar-refractivity contribution in [3.8, 4) is 0 Å². The second-order valence-corrected chi connectivity index (χ2v) is 12.1. The van der Waals surface area contributed by atoms with E-state index in [0.29, 0.717) is 11.1 Å². The number of hydrogen-bond donors (Lipinski definition) is 2. The third-order valence-corrected chi connectivity index (χ3v) is 8.76. The maximum atomic E-state index is 13.9. The molecule has 0 aromatic heterocycles. The molecular formula is C35H24N2O4S3. The molecule has 0 spiro atoms. The van der Waals surface area contributed by atoms with Crippen molar-refractivity contribution in [3.63, 3.8) is 0 Å². The van der Waals surface area contributed by atoms with Crippen LogP contribution in [0.4, 0.5) is 0 Å². The Labute approximate surface area is 268 Å². The monoisotopic (exact) mass is 632 g/mol. The zero-order valence-electron chi connectivity index (χ0n) is 23.1. The van der Waals surface area contributed by atoms with Crippen LogP contribution in [0.5, 0.6) is 0 Å². The maximum Gasteiger partial charge on any atom is 0.264 e. The minimum atomic E-state index is -0.730. The minimum absolute atomic E-state index is 0.126. The number of ketones is 2. The molecule has 0 aliphatic carbocycles. The highest BCUT2D eigenvalue weighted by Crippen LogP contribution is 2.44. The van der Waals surface area contributed by atoms with Crippen LogP contribution in [0.2, 0.25) is 0 Å². The van der Waals surface area contributed by atoms with Gasteiger partial charge in [0.15, 0.2) is 16.7 Å². The second-order valence-electron chi connectivity index (χ2n) is 9.33. The molecule has 0 bridgehead atoms. The summed E-state index contributed by atoms with van der Waals surface area (Å²) < 4.78 is 0.139. The summed E-state index contributed by atoms with van der Waals surface area (Å²) in [6.45, 7) is 0. The molecule has 1 saturated heterocycles. The predicted molar refractivity (Wildman–Crippen MR) is 181 cm³/mol. The molecule has 2 amide bonds. The Hall–Kier alpha value is -4.83. The van der Waals surface area contributed by atoms with E-state index in [1.807, 2.05) is 72.8 Å². The van der Waals surface area contributed by atoms with Crippen LogP contribution in [0.3, 0.4) is 0 Å². The van der Waals surface area contributed by atoms with Crippen molar-refractivity contribution >= 4 is 76.4 Å². The van der Waals surface area contributed by atoms with E-state index >= 15 is 0 Å². The summed E-state index contributed by atoms with van der Waals surface area (Å²) in [6, 6.07) is 35.9. The summed E-state index contributed by atoms with van der Waals surface area (Å²) in [5.41, 5.74) is 2.08. The standard InChI is InChI=1S/C35H24N2O4S3/c38-30(25-17-9-3-10-18-25)27(21-23-13-5-1-6-14-23)43-34(29-32(40)36-35(42)37-33(29)41)44-28(22-24-15-7-2-8-16-24)31(39)26-19-11-4-12-20-26/h1-22H,(H2,36,37,40,41,42)/b27-21+,28-22+. The van der Waals surface area contributed by atoms with Crippen LogP contribution < -0.4 is 10.6 Å². The Kier molecular flexibility index (Phi) is 10.1. The fourth-order valence-corrected chi connectivity index (χ4v) is 6.80. The number of Topliss-reactive ketones (excluding diaryl/α,β-unsaturated/α-hetero) is 2. The van der Waals surface area contributed by atoms with Gasteiger partial charge in [0.2, 0.25) is 0 Å². The van der Waals surface area contributed by atoms with Gasteiger partial charge in [0, 0.05) is 11.1 Å². The summed E-state index contributed by atoms with van der Waals surface area (Å²) in [5, 5.41) is 4.82. The Morgan fingerprint density at radius 3 is 1.25 bits per heavy atom. The van der Waals surface area contributed by atoms with Gasteiger partial charge in [-0.05, 0) is 35.5 Å². The van der Waals surface area contributed by atoms with Crippen LogP contribution in [-0.2, 0) is 9.59 Å². The average Bonchev–Trinajstić information content (AvgIpc) is 3.04. The number of allylic oxidation sites excluding steroid dienone is 2. The molecule has 1 aliphatic heterocycles. The lowest BCUT2D eigenvalue weighted by Crippen LogP contribution is -2.51. The fraction of sp³-hybridized carbons (Fsp3) is 0. The van der Waals surface area contributed by atoms with Crippen molar-refractivity contribution in [3.05, 3.63) is 163 Å². The lowest BCUT2D eigenvalue weighted by Gasteiger charge is -2.21. The van der Waals surface area contributed by atoms with Crippen LogP contribution in [0.15, 0.2) is 141 Å². The van der Waals surface area contributed by atoms with Crippen molar-refractivity contribution in [2.24, 2.45) is 0 Å². The molecule has 4 aromatic carbocycles. The van der Waals surface area contributed by atoms with Crippen molar-refractivity contribution in [2.75, 3.05) is 0 Å². The lowest BCUT2D eigenvalue weighted by atomic mass is 10.1. The summed E-state index contributed by atoms with van der Waals surface area (Å²) in [5.74, 6) is -2.08. The molecule has 4 aromatic rings. The normalized spacial score (nSPS) is 13.6. The van der Waals surface area contributed by atoms with Gasteiger partial charge in [0.05, 0.1) is 14.0 Å². The van der Waals surface area contributed by atoms with Gasteiger partial charge in [0.25, 0.3) is 11.8 Å². The van der Waals surface area contributed by atoms with Crippen LogP contribution in [-0.4, -0.2) is 28.5 Å². The summed E-state index contributed by atoms with van der Waals surface area (Å²) in [4.78, 5) is 54.8. The third-order valence-electron chi connectivity index (χ3n) is 6.23. The first-order chi connectivity index (χ1) is 21.4. The second kappa shape index (κ2) is 14.6. The van der Waals surface area contributed by atoms with Crippen LogP contribution in [0, 0.1) is 0 Å². The first-order valence-corrected chi connectivity index (χ1v) is 15.4. The number of carbonyl (C=O) groups is 4. The van der Waals surface area contributed by atoms with E-state index in [1.165, 1.54) is 0 Å². The molecule has 5 rings (SSSR count). The predicted octanol–water partition coefficient (Wildman–Crippen LogP) is 7.04. The van der Waals surface area contributed by atoms with E-state index in [0.717, 1.165) is 34.7 Å². The zero-order chi connectivity index (χ0) is 30.9. The number of rotatable bonds is 10. The van der Waals surface area contributed by atoms with Crippen molar-refractivity contribution in [1.82, 2.24) is 10.6 Å². The highest BCUT2D eigenvalue weighted by molar-refractivity contribution is 8.26. The Morgan fingerprint density at radius 2 is 0.886 bits per heavy atom. The highest BCUT2D eigenvalue weighted by Gasteiger charge is 2.32. The van der Waals surface area contributed by atoms with E-state index in [2.05, 4.69) is 10.6 Å². The largest absolute Gasteiger partial charge is 0.298 e. The Bertz CT molecular complexity index is 1690. The molecule has 0 atom stereocenters. The summed E-state index contributed by atoms with van der Waals surface area (Å²) in [7, 11) is 0. The smallest absolute Gasteiger partial charge is 0.264 e. The zero-order valence-corrected chi connectivity index (χ0v) is 25.5. The van der Waals surface area contributed by atoms with Gasteiger partial charge >= 0.3 is 0 Å². The molecule has 1 fully saturated rings. The van der Waals surface area contributed by atoms with E-state index < -0.39 is 11.8 Å². The number of thiocarbonyl (C=S) groups is 1. The van der Waals surface area contributed by atoms with Crippen LogP contribution in [0.25, 0.3) is 12.2 Å². The summed E-state index contributed by atoms with van der Waals surface area (Å²) >= 11 is 6.93. The number of amides is 2. The first kappa shape index (κ1) is 30.6. The fourth-order valence-electron chi connectivity index (χ4n) is 4.12. The SMILES string of the molecule is O=C1NC(=S)NC(=O)C1=C(S/C(=C/c1ccccc1)C(=O)c1ccccc1)S/C(=C/c1ccccc1)C(=O)c1ccccc1. The Morgan fingerprint density at radius 1 is 0.545 bits per heavy atom. The van der Waals surface area contributed by atoms with Crippen molar-refractivity contribution < 1.29 is 19.2 Å². The molecule has 1 heterocycles. The number of nitrogens with one attached hydrogen (secondary N) is 2. The van der Waals surface area contributed by atoms with Crippen molar-refractivity contribution in [1.29, 1.82) is 0 Å². The molecular weight excluding hydrogens is 609 g/mol. The van der Waals surface area contributed by atoms with Gasteiger partial charge in [-0.3, -0.25) is 29.8 Å². The molecule has 44 heavy (non-hydrogen) atoms. The minimum Gasteiger partial charge on any atom is -0.298 e. The maximum absolute atomic E-state index is 13.9. The van der Waals surface area contributed by atoms with Crippen molar-refractivity contribution in [2.45, 2.75) is 0 Å². The van der Waals surface area contributed by atoms with Gasteiger partial charge in [-0.25, -0.2) is 0 Å². The highest BCUT2D eigenvalue weighted by atomic mass is 32.2. The van der Waals surface area contributed by atoms with Gasteiger partial charge < -0.3 is 0 Å². The van der Waals surface area contributed by atoms with E-state index in [9.17, 15) is 19.2 Å². The van der Waals surface area contributed by atoms with Gasteiger partial charge in [-0.15, -0.1) is 0 Å². The van der Waals surface area contributed by atoms with E-state index in [-0.39, 0.29) is 36.3 Å². The molecule has 1 aliphatic rings. The molecule has 9 heteroatoms. The number of benzene rings is 4. The van der Waals surface area contributed by atoms with Crippen LogP contribution in [0.1, 0.15) is 31.8 Å². The molecule has 6 nitrogen and oxygen atoms in total. The number of carbonyl (C=O) groups excluding carboxylic acids is 4. The number of hydrogen-bond acceptors (Lipinski definition) is 7. The number of thioether (sulfide) groups is 2. The van der Waals surface area contributed by atoms with Gasteiger partial charge in [-0.1, -0.05) is 145 Å². The third kappa shape index (κ3) is 7.76. The van der Waals surface area contributed by atoms with Crippen LogP contribution >= 0.6 is 35.7 Å². The van der Waals surface area contributed by atoms with E-state index in [4.69, 9.17) is 12.2 Å². The molecule has 216 valence electrons. The summed E-state index contributed by atoms with van der Waals surface area (Å²) in [6.07, 6.45) is 3.40. The lowest BCUT2D eigenvalue weighted by molar-refractivity contribution is -0.123. The van der Waals surface area contributed by atoms with Gasteiger partial charge in [-0.2, -0.15) is 0 Å². The average molecular weight is 633 g/mol. The molecule has 2 N–H and O–H groups in total. The first-order valence-electron chi connectivity index (χ1n) is 13.4. The Balaban J connectivity index is 1.66. The topological polar surface area (TPSA) is 92.3 Å². The molecule has 0 radical (unpaired) electrons. The quantitative estimate of drug-likeness (QED) is 0.0839. The molecule has 0 saturated carbocycles. The molecule has 0 unspecified atom stereocenters. The van der Waals surface area contributed by atoms with E-state index in [1.54, 1.807) is 60.7 Å².